The summed E-state index contributed by atoms with van der Waals surface area (Å²) in [5.41, 5.74) is 0.983. The van der Waals surface area contributed by atoms with Crippen LogP contribution >= 0.6 is 0 Å². The molecule has 9 heteroatoms. The Hall–Kier alpha value is -2.94. The quantitative estimate of drug-likeness (QED) is 0.743. The van der Waals surface area contributed by atoms with Crippen LogP contribution in [0.1, 0.15) is 0 Å². The normalized spacial score (nSPS) is 11.5. The summed E-state index contributed by atoms with van der Waals surface area (Å²) in [6, 6.07) is 8.90. The van der Waals surface area contributed by atoms with Crippen molar-refractivity contribution in [2.75, 3.05) is 18.9 Å². The number of hydrogen-bond acceptors (Lipinski definition) is 6. The predicted molar refractivity (Wildman–Crippen MR) is 91.8 cm³/mol. The van der Waals surface area contributed by atoms with Crippen LogP contribution in [0.2, 0.25) is 0 Å². The zero-order chi connectivity index (χ0) is 18.2. The summed E-state index contributed by atoms with van der Waals surface area (Å²) in [7, 11) is 0.595. The van der Waals surface area contributed by atoms with Crippen molar-refractivity contribution in [1.29, 1.82) is 0 Å². The van der Waals surface area contributed by atoms with Crippen LogP contribution in [0.4, 0.5) is 5.69 Å². The second-order valence-electron chi connectivity index (χ2n) is 5.26. The largest absolute Gasteiger partial charge is 0.497 e. The van der Waals surface area contributed by atoms with E-state index in [0.29, 0.717) is 17.0 Å². The topological polar surface area (TPSA) is 99.8 Å². The highest BCUT2D eigenvalue weighted by atomic mass is 32.2. The first kappa shape index (κ1) is 16.9. The highest BCUT2D eigenvalue weighted by Crippen LogP contribution is 2.28. The Balaban J connectivity index is 2.01. The number of rotatable bonds is 5. The number of nitrogens with one attached hydrogen (secondary N) is 1. The Morgan fingerprint density at radius 3 is 2.28 bits per heavy atom. The molecule has 3 aromatic rings. The summed E-state index contributed by atoms with van der Waals surface area (Å²) in [5.74, 6) is 0.332. The van der Waals surface area contributed by atoms with Gasteiger partial charge in [0.15, 0.2) is 5.58 Å². The lowest BCUT2D eigenvalue weighted by molar-refractivity contribution is 0.395. The van der Waals surface area contributed by atoms with Crippen LogP contribution in [0, 0.1) is 0 Å². The lowest BCUT2D eigenvalue weighted by Crippen LogP contribution is -2.13. The molecule has 0 amide bonds. The van der Waals surface area contributed by atoms with E-state index in [2.05, 4.69) is 4.72 Å². The average molecular weight is 364 g/mol. The van der Waals surface area contributed by atoms with Gasteiger partial charge in [-0.2, -0.15) is 0 Å². The molecule has 0 spiro atoms. The first-order valence-electron chi connectivity index (χ1n) is 7.19. The maximum Gasteiger partial charge on any atom is 0.419 e. The van der Waals surface area contributed by atoms with Crippen LogP contribution < -0.4 is 20.0 Å². The number of ether oxygens (including phenoxy) is 2. The summed E-state index contributed by atoms with van der Waals surface area (Å²) in [4.78, 5) is 11.5. The second-order valence-corrected chi connectivity index (χ2v) is 6.95. The van der Waals surface area contributed by atoms with E-state index in [1.807, 2.05) is 0 Å². The van der Waals surface area contributed by atoms with Crippen LogP contribution in [-0.2, 0) is 17.1 Å². The molecule has 25 heavy (non-hydrogen) atoms. The van der Waals surface area contributed by atoms with Gasteiger partial charge in [0.1, 0.15) is 11.5 Å². The maximum absolute atomic E-state index is 12.6. The van der Waals surface area contributed by atoms with E-state index in [9.17, 15) is 13.2 Å². The molecule has 1 N–H and O–H groups in total. The zero-order valence-electron chi connectivity index (χ0n) is 13.8. The van der Waals surface area contributed by atoms with Crippen molar-refractivity contribution in [3.8, 4) is 11.5 Å². The Morgan fingerprint density at radius 2 is 1.68 bits per heavy atom. The molecule has 3 rings (SSSR count). The number of benzene rings is 2. The van der Waals surface area contributed by atoms with Crippen molar-refractivity contribution in [2.45, 2.75) is 4.90 Å². The fourth-order valence-corrected chi connectivity index (χ4v) is 3.42. The first-order chi connectivity index (χ1) is 11.8. The molecule has 1 aromatic heterocycles. The van der Waals surface area contributed by atoms with Gasteiger partial charge in [0.2, 0.25) is 0 Å². The molecule has 0 atom stereocenters. The van der Waals surface area contributed by atoms with E-state index in [1.54, 1.807) is 13.1 Å². The van der Waals surface area contributed by atoms with Gasteiger partial charge in [0.25, 0.3) is 10.0 Å². The second kappa shape index (κ2) is 6.17. The van der Waals surface area contributed by atoms with Gasteiger partial charge in [0.05, 0.1) is 30.3 Å². The van der Waals surface area contributed by atoms with Crippen LogP contribution in [0.3, 0.4) is 0 Å². The number of anilines is 1. The molecule has 0 bridgehead atoms. The third-order valence-corrected chi connectivity index (χ3v) is 5.06. The number of aromatic nitrogens is 1. The van der Waals surface area contributed by atoms with Crippen molar-refractivity contribution >= 4 is 26.8 Å². The molecule has 0 unspecified atom stereocenters. The number of sulfonamides is 1. The molecular formula is C16H16N2O6S. The Labute approximate surface area is 143 Å². The van der Waals surface area contributed by atoms with Crippen molar-refractivity contribution in [3.05, 3.63) is 46.9 Å². The van der Waals surface area contributed by atoms with E-state index >= 15 is 0 Å². The van der Waals surface area contributed by atoms with Gasteiger partial charge in [0, 0.05) is 31.3 Å². The van der Waals surface area contributed by atoms with Gasteiger partial charge < -0.3 is 13.9 Å². The van der Waals surface area contributed by atoms with Gasteiger partial charge in [-0.15, -0.1) is 0 Å². The number of methoxy groups -OCH3 is 2. The van der Waals surface area contributed by atoms with E-state index < -0.39 is 15.8 Å². The Kier molecular flexibility index (Phi) is 4.17. The van der Waals surface area contributed by atoms with Crippen LogP contribution in [-0.4, -0.2) is 27.2 Å². The Bertz CT molecular complexity index is 1080. The molecule has 0 fully saturated rings. The lowest BCUT2D eigenvalue weighted by Gasteiger charge is -2.11. The minimum absolute atomic E-state index is 0.0314. The van der Waals surface area contributed by atoms with Gasteiger partial charge in [-0.3, -0.25) is 9.29 Å². The lowest BCUT2D eigenvalue weighted by atomic mass is 10.3. The van der Waals surface area contributed by atoms with Crippen LogP contribution in [0.5, 0.6) is 11.5 Å². The van der Waals surface area contributed by atoms with Gasteiger partial charge >= 0.3 is 5.76 Å². The molecule has 0 aliphatic carbocycles. The number of oxazole rings is 1. The Morgan fingerprint density at radius 1 is 1.04 bits per heavy atom. The van der Waals surface area contributed by atoms with Gasteiger partial charge in [-0.1, -0.05) is 0 Å². The fraction of sp³-hybridized carbons (Fsp3) is 0.188. The molecule has 1 heterocycles. The summed E-state index contributed by atoms with van der Waals surface area (Å²) in [6.07, 6.45) is 0. The summed E-state index contributed by atoms with van der Waals surface area (Å²) < 4.78 is 44.3. The summed E-state index contributed by atoms with van der Waals surface area (Å²) in [6.45, 7) is 0. The van der Waals surface area contributed by atoms with Crippen molar-refractivity contribution in [3.63, 3.8) is 0 Å². The third-order valence-electron chi connectivity index (χ3n) is 3.68. The van der Waals surface area contributed by atoms with Gasteiger partial charge in [-0.25, -0.2) is 13.2 Å². The SMILES string of the molecule is COc1cc(NS(=O)(=O)c2ccc3c(c2)oc(=O)n3C)cc(OC)c1. The molecular weight excluding hydrogens is 348 g/mol. The average Bonchev–Trinajstić information content (AvgIpc) is 2.88. The third kappa shape index (κ3) is 3.18. The molecule has 0 aliphatic rings. The smallest absolute Gasteiger partial charge is 0.419 e. The van der Waals surface area contributed by atoms with E-state index in [1.165, 1.54) is 49.1 Å². The van der Waals surface area contributed by atoms with Crippen LogP contribution in [0.15, 0.2) is 50.5 Å². The van der Waals surface area contributed by atoms with Gasteiger partial charge in [-0.05, 0) is 12.1 Å². The van der Waals surface area contributed by atoms with Crippen LogP contribution in [0.25, 0.3) is 11.1 Å². The fourth-order valence-electron chi connectivity index (χ4n) is 2.36. The van der Waals surface area contributed by atoms with Crippen molar-refractivity contribution in [2.24, 2.45) is 7.05 Å². The van der Waals surface area contributed by atoms with E-state index in [4.69, 9.17) is 13.9 Å². The summed E-state index contributed by atoms with van der Waals surface area (Å²) in [5, 5.41) is 0. The molecule has 0 saturated heterocycles. The van der Waals surface area contributed by atoms with Crippen molar-refractivity contribution in [1.82, 2.24) is 4.57 Å². The maximum atomic E-state index is 12.6. The molecule has 2 aromatic carbocycles. The monoisotopic (exact) mass is 364 g/mol. The number of fused-ring (bicyclic) bond motifs is 1. The molecule has 8 nitrogen and oxygen atoms in total. The minimum Gasteiger partial charge on any atom is -0.497 e. The van der Waals surface area contributed by atoms with E-state index in [-0.39, 0.29) is 16.2 Å². The molecule has 132 valence electrons. The molecule has 0 radical (unpaired) electrons. The zero-order valence-corrected chi connectivity index (χ0v) is 14.6. The number of nitrogens with zero attached hydrogens (tertiary/aromatic N) is 1. The highest BCUT2D eigenvalue weighted by molar-refractivity contribution is 7.92. The van der Waals surface area contributed by atoms with Crippen molar-refractivity contribution < 1.29 is 22.3 Å². The number of aryl methyl sites for hydroxylation is 1. The standard InChI is InChI=1S/C16H16N2O6S/c1-18-14-5-4-13(9-15(14)24-16(18)19)25(20,21)17-10-6-11(22-2)8-12(7-10)23-3/h4-9,17H,1-3H3. The molecule has 0 saturated carbocycles. The predicted octanol–water partition coefficient (Wildman–Crippen LogP) is 1.95. The van der Waals surface area contributed by atoms with E-state index in [0.717, 1.165) is 0 Å². The highest BCUT2D eigenvalue weighted by Gasteiger charge is 2.18. The summed E-state index contributed by atoms with van der Waals surface area (Å²) >= 11 is 0. The first-order valence-corrected chi connectivity index (χ1v) is 8.68. The number of hydrogen-bond donors (Lipinski definition) is 1. The minimum atomic E-state index is -3.89. The molecule has 0 aliphatic heterocycles.